The first-order chi connectivity index (χ1) is 15.2. The number of thiazole rings is 1. The largest absolute Gasteiger partial charge is 0.496 e. The lowest BCUT2D eigenvalue weighted by Gasteiger charge is -2.25. The summed E-state index contributed by atoms with van der Waals surface area (Å²) in [6.45, 7) is 3.24. The van der Waals surface area contributed by atoms with Gasteiger partial charge < -0.3 is 20.1 Å². The maximum Gasteiger partial charge on any atom is 0.195 e. The Morgan fingerprint density at radius 2 is 1.84 bits per heavy atom. The number of nitrogens with zero attached hydrogens (tertiary/aromatic N) is 2. The molecule has 1 aliphatic heterocycles. The van der Waals surface area contributed by atoms with E-state index in [1.165, 1.54) is 10.4 Å². The predicted octanol–water partition coefficient (Wildman–Crippen LogP) is 3.86. The van der Waals surface area contributed by atoms with Gasteiger partial charge in [0.25, 0.3) is 0 Å². The summed E-state index contributed by atoms with van der Waals surface area (Å²) in [5.41, 5.74) is 3.33. The van der Waals surface area contributed by atoms with Crippen LogP contribution in [-0.2, 0) is 26.1 Å². The lowest BCUT2D eigenvalue weighted by molar-refractivity contribution is 0.247. The summed E-state index contributed by atoms with van der Waals surface area (Å²) in [5.74, 6) is 1.64. The molecule has 0 aliphatic carbocycles. The van der Waals surface area contributed by atoms with Gasteiger partial charge in [0.15, 0.2) is 11.1 Å². The Balaban J connectivity index is 1.35. The molecule has 2 heterocycles. The van der Waals surface area contributed by atoms with E-state index in [0.29, 0.717) is 6.54 Å². The summed E-state index contributed by atoms with van der Waals surface area (Å²) in [7, 11) is 3.26. The molecule has 0 saturated carbocycles. The molecule has 0 fully saturated rings. The van der Waals surface area contributed by atoms with Crippen molar-refractivity contribution >= 4 is 22.4 Å². The number of anilines is 1. The van der Waals surface area contributed by atoms with Gasteiger partial charge in [-0.3, -0.25) is 10.3 Å². The molecule has 7 nitrogen and oxygen atoms in total. The molecule has 0 unspecified atom stereocenters. The first-order valence-corrected chi connectivity index (χ1v) is 11.0. The van der Waals surface area contributed by atoms with Gasteiger partial charge in [0.05, 0.1) is 32.0 Å². The summed E-state index contributed by atoms with van der Waals surface area (Å²) in [6.07, 6.45) is 0.930. The second kappa shape index (κ2) is 9.80. The summed E-state index contributed by atoms with van der Waals surface area (Å²) in [5, 5.41) is 15.2. The lowest BCUT2D eigenvalue weighted by Crippen LogP contribution is -2.29. The standard InChI is InChI=1S/C23H27N5O2S/c1-29-19-9-6-10-20(30-2)17(19)13-25-22(24)27-23-26-18-11-12-28(15-21(18)31-23)14-16-7-4-3-5-8-16/h3-10H,11-15H2,1-2H3,(H3,24,25,26,27). The molecule has 1 aromatic heterocycles. The normalized spacial score (nSPS) is 13.4. The number of ether oxygens (including phenoxy) is 2. The molecule has 31 heavy (non-hydrogen) atoms. The highest BCUT2D eigenvalue weighted by Gasteiger charge is 2.21. The summed E-state index contributed by atoms with van der Waals surface area (Å²) >= 11 is 1.62. The molecule has 0 atom stereocenters. The van der Waals surface area contributed by atoms with Crippen molar-refractivity contribution in [3.8, 4) is 11.5 Å². The Hall–Kier alpha value is -3.10. The zero-order valence-corrected chi connectivity index (χ0v) is 18.6. The Bertz CT molecular complexity index is 1020. The third-order valence-electron chi connectivity index (χ3n) is 5.26. The molecule has 1 aliphatic rings. The molecule has 0 saturated heterocycles. The third kappa shape index (κ3) is 5.15. The van der Waals surface area contributed by atoms with E-state index in [0.717, 1.165) is 53.9 Å². The molecule has 4 rings (SSSR count). The number of nitrogens with one attached hydrogen (secondary N) is 3. The summed E-state index contributed by atoms with van der Waals surface area (Å²) in [4.78, 5) is 8.41. The van der Waals surface area contributed by atoms with Gasteiger partial charge >= 0.3 is 0 Å². The first kappa shape index (κ1) is 21.1. The van der Waals surface area contributed by atoms with Gasteiger partial charge in [0.2, 0.25) is 0 Å². The van der Waals surface area contributed by atoms with Crippen molar-refractivity contribution < 1.29 is 9.47 Å². The highest BCUT2D eigenvalue weighted by atomic mass is 32.1. The second-order valence-electron chi connectivity index (χ2n) is 7.33. The van der Waals surface area contributed by atoms with Crippen LogP contribution < -0.4 is 20.1 Å². The summed E-state index contributed by atoms with van der Waals surface area (Å²) in [6, 6.07) is 16.2. The van der Waals surface area contributed by atoms with Crippen molar-refractivity contribution in [3.05, 3.63) is 70.2 Å². The molecule has 2 aromatic carbocycles. The van der Waals surface area contributed by atoms with E-state index in [4.69, 9.17) is 19.9 Å². The number of guanidine groups is 1. The fourth-order valence-electron chi connectivity index (χ4n) is 3.71. The highest BCUT2D eigenvalue weighted by molar-refractivity contribution is 7.15. The van der Waals surface area contributed by atoms with Gasteiger partial charge in [-0.15, -0.1) is 11.3 Å². The number of methoxy groups -OCH3 is 2. The van der Waals surface area contributed by atoms with Crippen LogP contribution in [0.2, 0.25) is 0 Å². The minimum absolute atomic E-state index is 0.195. The molecule has 3 aromatic rings. The minimum atomic E-state index is 0.195. The smallest absolute Gasteiger partial charge is 0.195 e. The number of hydrogen-bond donors (Lipinski definition) is 3. The van der Waals surface area contributed by atoms with Crippen molar-refractivity contribution in [1.82, 2.24) is 15.2 Å². The van der Waals surface area contributed by atoms with Crippen molar-refractivity contribution in [2.24, 2.45) is 0 Å². The fourth-order valence-corrected chi connectivity index (χ4v) is 4.76. The molecular weight excluding hydrogens is 410 g/mol. The van der Waals surface area contributed by atoms with Crippen LogP contribution in [0.4, 0.5) is 5.13 Å². The fraction of sp³-hybridized carbons (Fsp3) is 0.304. The van der Waals surface area contributed by atoms with E-state index in [2.05, 4.69) is 39.8 Å². The van der Waals surface area contributed by atoms with Crippen molar-refractivity contribution in [1.29, 1.82) is 5.41 Å². The number of hydrogen-bond acceptors (Lipinski definition) is 6. The maximum absolute atomic E-state index is 8.28. The van der Waals surface area contributed by atoms with E-state index in [9.17, 15) is 0 Å². The van der Waals surface area contributed by atoms with Crippen LogP contribution in [0.3, 0.4) is 0 Å². The van der Waals surface area contributed by atoms with Crippen molar-refractivity contribution in [2.75, 3.05) is 26.1 Å². The summed E-state index contributed by atoms with van der Waals surface area (Å²) < 4.78 is 10.8. The van der Waals surface area contributed by atoms with Crippen LogP contribution in [0.15, 0.2) is 48.5 Å². The van der Waals surface area contributed by atoms with E-state index < -0.39 is 0 Å². The highest BCUT2D eigenvalue weighted by Crippen LogP contribution is 2.30. The minimum Gasteiger partial charge on any atom is -0.496 e. The SMILES string of the molecule is COc1cccc(OC)c1CNC(=N)Nc1nc2c(s1)CN(Cc1ccccc1)CC2. The van der Waals surface area contributed by atoms with E-state index in [1.807, 2.05) is 24.3 Å². The zero-order chi connectivity index (χ0) is 21.6. The van der Waals surface area contributed by atoms with Gasteiger partial charge in [-0.25, -0.2) is 4.98 Å². The molecule has 0 radical (unpaired) electrons. The average Bonchev–Trinajstić information content (AvgIpc) is 3.19. The van der Waals surface area contributed by atoms with Crippen molar-refractivity contribution in [3.63, 3.8) is 0 Å². The Morgan fingerprint density at radius 3 is 2.55 bits per heavy atom. The molecule has 0 bridgehead atoms. The Morgan fingerprint density at radius 1 is 1.10 bits per heavy atom. The quantitative estimate of drug-likeness (QED) is 0.385. The number of aromatic nitrogens is 1. The van der Waals surface area contributed by atoms with E-state index in [1.54, 1.807) is 25.6 Å². The van der Waals surface area contributed by atoms with Crippen LogP contribution in [0.1, 0.15) is 21.7 Å². The van der Waals surface area contributed by atoms with Crippen LogP contribution >= 0.6 is 11.3 Å². The van der Waals surface area contributed by atoms with Gasteiger partial charge in [-0.2, -0.15) is 0 Å². The Kier molecular flexibility index (Phi) is 6.69. The number of fused-ring (bicyclic) bond motifs is 1. The molecule has 0 spiro atoms. The number of rotatable bonds is 7. The van der Waals surface area contributed by atoms with Crippen LogP contribution in [0, 0.1) is 5.41 Å². The van der Waals surface area contributed by atoms with E-state index >= 15 is 0 Å². The van der Waals surface area contributed by atoms with E-state index in [-0.39, 0.29) is 5.96 Å². The molecule has 0 amide bonds. The maximum atomic E-state index is 8.28. The monoisotopic (exact) mass is 437 g/mol. The lowest BCUT2D eigenvalue weighted by atomic mass is 10.1. The Labute approximate surface area is 186 Å². The number of benzene rings is 2. The van der Waals surface area contributed by atoms with Gasteiger partial charge in [-0.1, -0.05) is 36.4 Å². The molecular formula is C23H27N5O2S. The average molecular weight is 438 g/mol. The third-order valence-corrected chi connectivity index (χ3v) is 6.26. The first-order valence-electron chi connectivity index (χ1n) is 10.2. The molecule has 162 valence electrons. The topological polar surface area (TPSA) is 82.5 Å². The van der Waals surface area contributed by atoms with Gasteiger partial charge in [-0.05, 0) is 17.7 Å². The van der Waals surface area contributed by atoms with Crippen molar-refractivity contribution in [2.45, 2.75) is 26.1 Å². The predicted molar refractivity (Wildman–Crippen MR) is 124 cm³/mol. The zero-order valence-electron chi connectivity index (χ0n) is 17.8. The van der Waals surface area contributed by atoms with Gasteiger partial charge in [0, 0.05) is 30.9 Å². The second-order valence-corrected chi connectivity index (χ2v) is 8.41. The molecule has 8 heteroatoms. The molecule has 3 N–H and O–H groups in total. The van der Waals surface area contributed by atoms with Crippen LogP contribution in [0.5, 0.6) is 11.5 Å². The van der Waals surface area contributed by atoms with Crippen LogP contribution in [0.25, 0.3) is 0 Å². The van der Waals surface area contributed by atoms with Gasteiger partial charge in [0.1, 0.15) is 11.5 Å². The van der Waals surface area contributed by atoms with Crippen LogP contribution in [-0.4, -0.2) is 36.6 Å².